The average Bonchev–Trinajstić information content (AvgIpc) is 3.20. The molecule has 0 saturated carbocycles. The van der Waals surface area contributed by atoms with Crippen LogP contribution in [0, 0.1) is 0 Å². The highest BCUT2D eigenvalue weighted by atomic mass is 35.5. The van der Waals surface area contributed by atoms with Gasteiger partial charge >= 0.3 is 6.18 Å². The molecule has 4 aromatic rings. The summed E-state index contributed by atoms with van der Waals surface area (Å²) in [7, 11) is 1.81. The molecule has 0 atom stereocenters. The van der Waals surface area contributed by atoms with Gasteiger partial charge in [0.2, 0.25) is 0 Å². The van der Waals surface area contributed by atoms with Crippen LogP contribution in [-0.2, 0) is 26.4 Å². The van der Waals surface area contributed by atoms with E-state index < -0.39 is 16.8 Å². The second-order valence-electron chi connectivity index (χ2n) is 7.52. The first-order valence-electron chi connectivity index (χ1n) is 10.1. The zero-order valence-electron chi connectivity index (χ0n) is 17.9. The van der Waals surface area contributed by atoms with Gasteiger partial charge in [-0.3, -0.25) is 9.48 Å². The molecule has 0 aliphatic rings. The Hall–Kier alpha value is -3.72. The van der Waals surface area contributed by atoms with Crippen molar-refractivity contribution in [3.8, 4) is 17.2 Å². The topological polar surface area (TPSA) is 58.3 Å². The van der Waals surface area contributed by atoms with Gasteiger partial charge in [-0.15, -0.1) is 0 Å². The van der Waals surface area contributed by atoms with Gasteiger partial charge in [-0.2, -0.15) is 18.3 Å². The summed E-state index contributed by atoms with van der Waals surface area (Å²) in [6.45, 7) is 0.609. The van der Waals surface area contributed by atoms with Gasteiger partial charge in [-0.05, 0) is 42.0 Å². The Morgan fingerprint density at radius 2 is 1.71 bits per heavy atom. The molecule has 0 aliphatic heterocycles. The van der Waals surface area contributed by atoms with E-state index in [0.717, 1.165) is 23.3 Å². The normalized spacial score (nSPS) is 11.4. The first-order valence-corrected chi connectivity index (χ1v) is 10.5. The number of nitrogens with zero attached hydrogens (tertiary/aromatic N) is 3. The van der Waals surface area contributed by atoms with Gasteiger partial charge in [-0.1, -0.05) is 23.7 Å². The van der Waals surface area contributed by atoms with Gasteiger partial charge in [0.05, 0.1) is 23.3 Å². The van der Waals surface area contributed by atoms with Crippen molar-refractivity contribution in [1.82, 2.24) is 14.3 Å². The van der Waals surface area contributed by atoms with Crippen LogP contribution >= 0.6 is 11.6 Å². The van der Waals surface area contributed by atoms with Gasteiger partial charge in [0.15, 0.2) is 0 Å². The highest BCUT2D eigenvalue weighted by Crippen LogP contribution is 2.37. The molecule has 0 amide bonds. The summed E-state index contributed by atoms with van der Waals surface area (Å²) in [5.41, 5.74) is 0.540. The summed E-state index contributed by atoms with van der Waals surface area (Å²) in [6.07, 6.45) is 0.624. The molecule has 0 N–H and O–H groups in total. The molecule has 0 spiro atoms. The lowest BCUT2D eigenvalue weighted by molar-refractivity contribution is -0.137. The van der Waals surface area contributed by atoms with Crippen LogP contribution in [0.3, 0.4) is 0 Å². The van der Waals surface area contributed by atoms with Crippen LogP contribution < -0.4 is 15.0 Å². The minimum Gasteiger partial charge on any atom is -0.489 e. The fraction of sp³-hybridized carbons (Fsp3) is 0.167. The minimum absolute atomic E-state index is 0.0209. The molecule has 0 aliphatic carbocycles. The second kappa shape index (κ2) is 9.64. The van der Waals surface area contributed by atoms with Crippen molar-refractivity contribution in [3.63, 3.8) is 0 Å². The summed E-state index contributed by atoms with van der Waals surface area (Å²) in [4.78, 5) is 12.3. The lowest BCUT2D eigenvalue weighted by Crippen LogP contribution is -2.19. The molecule has 176 valence electrons. The smallest absolute Gasteiger partial charge is 0.417 e. The molecule has 0 unspecified atom stereocenters. The van der Waals surface area contributed by atoms with E-state index in [9.17, 15) is 18.0 Å². The van der Waals surface area contributed by atoms with Gasteiger partial charge in [-0.25, -0.2) is 0 Å². The van der Waals surface area contributed by atoms with Crippen molar-refractivity contribution in [2.75, 3.05) is 0 Å². The number of aryl methyl sites for hydroxylation is 1. The lowest BCUT2D eigenvalue weighted by Gasteiger charge is -2.12. The quantitative estimate of drug-likeness (QED) is 0.335. The van der Waals surface area contributed by atoms with E-state index in [0.29, 0.717) is 18.0 Å². The maximum Gasteiger partial charge on any atom is 0.417 e. The maximum atomic E-state index is 13.0. The molecule has 0 fully saturated rings. The van der Waals surface area contributed by atoms with Crippen LogP contribution in [0.4, 0.5) is 13.2 Å². The highest BCUT2D eigenvalue weighted by Gasteiger charge is 2.33. The van der Waals surface area contributed by atoms with Crippen LogP contribution in [-0.4, -0.2) is 14.3 Å². The number of ether oxygens (including phenoxy) is 2. The zero-order chi connectivity index (χ0) is 24.3. The monoisotopic (exact) mass is 489 g/mol. The summed E-state index contributed by atoms with van der Waals surface area (Å²) >= 11 is 5.63. The van der Waals surface area contributed by atoms with E-state index in [1.54, 1.807) is 52.0 Å². The largest absolute Gasteiger partial charge is 0.489 e. The Morgan fingerprint density at radius 1 is 0.971 bits per heavy atom. The molecule has 0 saturated heterocycles. The third kappa shape index (κ3) is 5.79. The number of rotatable bonds is 7. The van der Waals surface area contributed by atoms with E-state index >= 15 is 0 Å². The zero-order valence-corrected chi connectivity index (χ0v) is 18.7. The second-order valence-corrected chi connectivity index (χ2v) is 7.93. The SMILES string of the molecule is Cn1cc(Cn2ccc(OCc3ccc(Oc4ccc(Cl)c(C(F)(F)F)c4)cc3)cc2=O)cn1. The summed E-state index contributed by atoms with van der Waals surface area (Å²) < 4.78 is 53.5. The summed E-state index contributed by atoms with van der Waals surface area (Å²) in [6, 6.07) is 13.2. The molecule has 6 nitrogen and oxygen atoms in total. The molecular weight excluding hydrogens is 471 g/mol. The van der Waals surface area contributed by atoms with Crippen LogP contribution in [0.1, 0.15) is 16.7 Å². The van der Waals surface area contributed by atoms with E-state index in [1.807, 2.05) is 13.2 Å². The van der Waals surface area contributed by atoms with Crippen molar-refractivity contribution in [2.24, 2.45) is 7.05 Å². The predicted molar refractivity (Wildman–Crippen MR) is 120 cm³/mol. The number of alkyl halides is 3. The molecular formula is C24H19ClF3N3O3. The van der Waals surface area contributed by atoms with Crippen molar-refractivity contribution < 1.29 is 22.6 Å². The number of halogens is 4. The Balaban J connectivity index is 1.36. The van der Waals surface area contributed by atoms with Crippen molar-refractivity contribution in [1.29, 1.82) is 0 Å². The molecule has 2 aromatic heterocycles. The number of benzene rings is 2. The first kappa shape index (κ1) is 23.4. The number of hydrogen-bond acceptors (Lipinski definition) is 4. The highest BCUT2D eigenvalue weighted by molar-refractivity contribution is 6.31. The standard InChI is InChI=1S/C24H19ClF3N3O3/c1-30-13-17(12-29-30)14-31-9-8-19(11-23(31)32)33-15-16-2-4-18(5-3-16)34-20-6-7-22(25)21(10-20)24(26,27)28/h2-13H,14-15H2,1H3. The van der Waals surface area contributed by atoms with Crippen LogP contribution in [0.25, 0.3) is 0 Å². The Bertz CT molecular complexity index is 1350. The molecule has 0 radical (unpaired) electrons. The van der Waals surface area contributed by atoms with Gasteiger partial charge < -0.3 is 14.0 Å². The Labute approximate surface area is 197 Å². The molecule has 4 rings (SSSR count). The molecule has 2 heterocycles. The summed E-state index contributed by atoms with van der Waals surface area (Å²) in [5.74, 6) is 0.804. The van der Waals surface area contributed by atoms with Gasteiger partial charge in [0.25, 0.3) is 5.56 Å². The van der Waals surface area contributed by atoms with Gasteiger partial charge in [0, 0.05) is 31.1 Å². The average molecular weight is 490 g/mol. The van der Waals surface area contributed by atoms with E-state index in [4.69, 9.17) is 21.1 Å². The maximum absolute atomic E-state index is 13.0. The van der Waals surface area contributed by atoms with Crippen LogP contribution in [0.2, 0.25) is 5.02 Å². The Kier molecular flexibility index (Phi) is 6.65. The first-order chi connectivity index (χ1) is 16.2. The number of aromatic nitrogens is 3. The van der Waals surface area contributed by atoms with Crippen LogP contribution in [0.15, 0.2) is 78.0 Å². The molecule has 0 bridgehead atoms. The third-order valence-electron chi connectivity index (χ3n) is 4.89. The van der Waals surface area contributed by atoms with E-state index in [-0.39, 0.29) is 17.9 Å². The van der Waals surface area contributed by atoms with E-state index in [1.165, 1.54) is 12.1 Å². The number of hydrogen-bond donors (Lipinski definition) is 0. The summed E-state index contributed by atoms with van der Waals surface area (Å²) in [5, 5.41) is 3.70. The van der Waals surface area contributed by atoms with Gasteiger partial charge in [0.1, 0.15) is 23.9 Å². The fourth-order valence-electron chi connectivity index (χ4n) is 3.20. The lowest BCUT2D eigenvalue weighted by atomic mass is 10.2. The molecule has 10 heteroatoms. The minimum atomic E-state index is -4.57. The van der Waals surface area contributed by atoms with E-state index in [2.05, 4.69) is 5.10 Å². The molecule has 34 heavy (non-hydrogen) atoms. The van der Waals surface area contributed by atoms with Crippen LogP contribution in [0.5, 0.6) is 17.2 Å². The van der Waals surface area contributed by atoms with Crippen molar-refractivity contribution in [2.45, 2.75) is 19.3 Å². The number of pyridine rings is 1. The predicted octanol–water partition coefficient (Wildman–Crippen LogP) is 5.67. The fourth-order valence-corrected chi connectivity index (χ4v) is 3.43. The van der Waals surface area contributed by atoms with Crippen molar-refractivity contribution >= 4 is 11.6 Å². The molecule has 2 aromatic carbocycles. The third-order valence-corrected chi connectivity index (χ3v) is 5.22. The Morgan fingerprint density at radius 3 is 2.35 bits per heavy atom. The van der Waals surface area contributed by atoms with Crippen molar-refractivity contribution in [3.05, 3.63) is 105 Å².